The van der Waals surface area contributed by atoms with Crippen molar-refractivity contribution < 1.29 is 23.2 Å². The molecule has 0 aliphatic heterocycles. The fraction of sp³-hybridized carbons (Fsp3) is 0.238. The summed E-state index contributed by atoms with van der Waals surface area (Å²) in [6.45, 7) is -0.348. The van der Waals surface area contributed by atoms with Crippen molar-refractivity contribution in [2.24, 2.45) is 0 Å². The number of nitrogens with one attached hydrogen (secondary N) is 1. The molecule has 4 rings (SSSR count). The first kappa shape index (κ1) is 24.4. The lowest BCUT2D eigenvalue weighted by Crippen LogP contribution is -2.21. The first-order chi connectivity index (χ1) is 16.1. The average molecular weight is 576 g/mol. The smallest absolute Gasteiger partial charge is 0.283 e. The van der Waals surface area contributed by atoms with Gasteiger partial charge in [-0.15, -0.1) is 0 Å². The second kappa shape index (κ2) is 9.85. The van der Waals surface area contributed by atoms with Crippen LogP contribution < -0.4 is 10.1 Å². The highest BCUT2D eigenvalue weighted by Gasteiger charge is 2.34. The van der Waals surface area contributed by atoms with E-state index in [4.69, 9.17) is 27.9 Å². The van der Waals surface area contributed by atoms with Crippen molar-refractivity contribution in [3.63, 3.8) is 0 Å². The van der Waals surface area contributed by atoms with E-state index in [1.165, 1.54) is 35.0 Å². The van der Waals surface area contributed by atoms with Crippen LogP contribution in [0.25, 0.3) is 0 Å². The largest absolute Gasteiger partial charge is 0.455 e. The van der Waals surface area contributed by atoms with Gasteiger partial charge in [0.2, 0.25) is 5.91 Å². The van der Waals surface area contributed by atoms with Crippen molar-refractivity contribution in [2.45, 2.75) is 31.7 Å². The molecule has 34 heavy (non-hydrogen) atoms. The van der Waals surface area contributed by atoms with Gasteiger partial charge in [-0.2, -0.15) is 5.10 Å². The zero-order valence-corrected chi connectivity index (χ0v) is 20.2. The molecule has 0 unspecified atom stereocenters. The monoisotopic (exact) mass is 574 g/mol. The number of benzene rings is 2. The molecular formula is C21H15BrCl2F2N4O4. The molecule has 1 aliphatic rings. The van der Waals surface area contributed by atoms with Crippen LogP contribution in [0.3, 0.4) is 0 Å². The molecule has 1 aromatic heterocycles. The number of alkyl halides is 2. The maximum absolute atomic E-state index is 13.3. The molecule has 1 saturated carbocycles. The Labute approximate surface area is 210 Å². The van der Waals surface area contributed by atoms with Gasteiger partial charge in [0.15, 0.2) is 0 Å². The van der Waals surface area contributed by atoms with Crippen LogP contribution >= 0.6 is 39.1 Å². The van der Waals surface area contributed by atoms with E-state index in [1.807, 2.05) is 0 Å². The van der Waals surface area contributed by atoms with Crippen molar-refractivity contribution in [1.82, 2.24) is 9.78 Å². The molecule has 3 aromatic rings. The Balaban J connectivity index is 1.57. The summed E-state index contributed by atoms with van der Waals surface area (Å²) in [6.07, 6.45) is -1.17. The van der Waals surface area contributed by atoms with Crippen LogP contribution in [0.1, 0.15) is 36.6 Å². The van der Waals surface area contributed by atoms with Crippen LogP contribution in [0.2, 0.25) is 10.0 Å². The van der Waals surface area contributed by atoms with Crippen LogP contribution in [-0.2, 0) is 11.3 Å². The Bertz CT molecular complexity index is 1280. The lowest BCUT2D eigenvalue weighted by Gasteiger charge is -2.11. The molecule has 0 radical (unpaired) electrons. The van der Waals surface area contributed by atoms with Crippen LogP contribution in [0.5, 0.6) is 11.5 Å². The number of nitro benzene ring substituents is 1. The SMILES string of the molecule is O=C(Cn1nc(C(F)F)c(Br)c1C1CC1)Nc1cc(Oc2ccc(Cl)cc2Cl)cc([N+](=O)[O-])c1. The minimum absolute atomic E-state index is 0.0455. The summed E-state index contributed by atoms with van der Waals surface area (Å²) < 4.78 is 33.6. The van der Waals surface area contributed by atoms with Crippen molar-refractivity contribution in [3.8, 4) is 11.5 Å². The molecule has 1 amide bonds. The lowest BCUT2D eigenvalue weighted by molar-refractivity contribution is -0.384. The second-order valence-electron chi connectivity index (χ2n) is 7.51. The number of hydrogen-bond acceptors (Lipinski definition) is 5. The van der Waals surface area contributed by atoms with Crippen molar-refractivity contribution in [3.05, 3.63) is 72.4 Å². The summed E-state index contributed by atoms with van der Waals surface area (Å²) in [5.74, 6) is -0.300. The van der Waals surface area contributed by atoms with Gasteiger partial charge in [-0.25, -0.2) is 8.78 Å². The number of carbonyl (C=O) groups is 1. The molecule has 2 aromatic carbocycles. The van der Waals surface area contributed by atoms with Crippen LogP contribution in [0.4, 0.5) is 20.2 Å². The summed E-state index contributed by atoms with van der Waals surface area (Å²) >= 11 is 15.1. The third kappa shape index (κ3) is 5.48. The van der Waals surface area contributed by atoms with Crippen molar-refractivity contribution >= 4 is 56.4 Å². The highest BCUT2D eigenvalue weighted by Crippen LogP contribution is 2.45. The van der Waals surface area contributed by atoms with Crippen LogP contribution in [-0.4, -0.2) is 20.6 Å². The Morgan fingerprint density at radius 3 is 2.65 bits per heavy atom. The number of halogens is 5. The number of anilines is 1. The Kier molecular flexibility index (Phi) is 7.06. The minimum Gasteiger partial charge on any atom is -0.455 e. The van der Waals surface area contributed by atoms with E-state index in [-0.39, 0.29) is 44.8 Å². The van der Waals surface area contributed by atoms with E-state index < -0.39 is 22.9 Å². The van der Waals surface area contributed by atoms with Crippen LogP contribution in [0.15, 0.2) is 40.9 Å². The molecule has 1 aliphatic carbocycles. The summed E-state index contributed by atoms with van der Waals surface area (Å²) in [4.78, 5) is 23.4. The molecule has 0 atom stereocenters. The summed E-state index contributed by atoms with van der Waals surface area (Å²) in [5, 5.41) is 18.4. The van der Waals surface area contributed by atoms with Gasteiger partial charge >= 0.3 is 0 Å². The zero-order valence-electron chi connectivity index (χ0n) is 17.1. The summed E-state index contributed by atoms with van der Waals surface area (Å²) in [5.41, 5.74) is -0.155. The zero-order chi connectivity index (χ0) is 24.6. The minimum atomic E-state index is -2.80. The lowest BCUT2D eigenvalue weighted by atomic mass is 10.2. The van der Waals surface area contributed by atoms with E-state index in [1.54, 1.807) is 0 Å². The topological polar surface area (TPSA) is 99.3 Å². The fourth-order valence-corrected chi connectivity index (χ4v) is 4.55. The van der Waals surface area contributed by atoms with E-state index in [0.29, 0.717) is 10.7 Å². The van der Waals surface area contributed by atoms with Gasteiger partial charge in [-0.05, 0) is 47.0 Å². The molecule has 1 fully saturated rings. The average Bonchev–Trinajstić information content (AvgIpc) is 3.53. The number of rotatable bonds is 8. The highest BCUT2D eigenvalue weighted by molar-refractivity contribution is 9.10. The number of hydrogen-bond donors (Lipinski definition) is 1. The number of nitrogens with zero attached hydrogens (tertiary/aromatic N) is 3. The number of aromatic nitrogens is 2. The van der Waals surface area contributed by atoms with E-state index in [2.05, 4.69) is 26.3 Å². The molecule has 0 saturated heterocycles. The van der Waals surface area contributed by atoms with Gasteiger partial charge in [-0.3, -0.25) is 19.6 Å². The second-order valence-corrected chi connectivity index (χ2v) is 9.15. The number of non-ortho nitro benzene ring substituents is 1. The maximum atomic E-state index is 13.3. The predicted octanol–water partition coefficient (Wildman–Crippen LogP) is 7.11. The van der Waals surface area contributed by atoms with Crippen molar-refractivity contribution in [1.29, 1.82) is 0 Å². The maximum Gasteiger partial charge on any atom is 0.283 e. The Morgan fingerprint density at radius 2 is 2.03 bits per heavy atom. The van der Waals surface area contributed by atoms with Gasteiger partial charge in [0.25, 0.3) is 12.1 Å². The summed E-state index contributed by atoms with van der Waals surface area (Å²) in [7, 11) is 0. The fourth-order valence-electron chi connectivity index (χ4n) is 3.32. The van der Waals surface area contributed by atoms with Crippen LogP contribution in [0, 0.1) is 10.1 Å². The van der Waals surface area contributed by atoms with E-state index >= 15 is 0 Å². The van der Waals surface area contributed by atoms with Gasteiger partial charge in [0.1, 0.15) is 23.7 Å². The molecule has 0 spiro atoms. The molecule has 13 heteroatoms. The highest BCUT2D eigenvalue weighted by atomic mass is 79.9. The van der Waals surface area contributed by atoms with Crippen molar-refractivity contribution in [2.75, 3.05) is 5.32 Å². The molecule has 178 valence electrons. The Morgan fingerprint density at radius 1 is 1.29 bits per heavy atom. The van der Waals surface area contributed by atoms with Gasteiger partial charge < -0.3 is 10.1 Å². The number of amides is 1. The molecule has 1 N–H and O–H groups in total. The third-order valence-electron chi connectivity index (χ3n) is 4.93. The number of carbonyl (C=O) groups excluding carboxylic acids is 1. The normalized spacial score (nSPS) is 13.2. The molecule has 1 heterocycles. The first-order valence-electron chi connectivity index (χ1n) is 9.89. The van der Waals surface area contributed by atoms with Gasteiger partial charge in [-0.1, -0.05) is 23.2 Å². The first-order valence-corrected chi connectivity index (χ1v) is 11.4. The molecular weight excluding hydrogens is 561 g/mol. The standard InChI is InChI=1S/C21H15BrCl2F2N4O4/c22-18-19(21(25)26)28-29(20(18)10-1-2-10)9-17(31)27-12-6-13(30(32)33)8-14(7-12)34-16-4-3-11(23)5-15(16)24/h3-8,10,21H,1-2,9H2,(H,27,31). The number of nitro groups is 1. The summed E-state index contributed by atoms with van der Waals surface area (Å²) in [6, 6.07) is 8.19. The number of ether oxygens (including phenoxy) is 1. The molecule has 0 bridgehead atoms. The van der Waals surface area contributed by atoms with E-state index in [9.17, 15) is 23.7 Å². The quantitative estimate of drug-likeness (QED) is 0.228. The van der Waals surface area contributed by atoms with Gasteiger partial charge in [0.05, 0.1) is 31.9 Å². The predicted molar refractivity (Wildman–Crippen MR) is 125 cm³/mol. The Hall–Kier alpha value is -2.76. The van der Waals surface area contributed by atoms with Gasteiger partial charge in [0, 0.05) is 23.1 Å². The van der Waals surface area contributed by atoms with E-state index in [0.717, 1.165) is 18.9 Å². The third-order valence-corrected chi connectivity index (χ3v) is 6.27. The molecule has 8 nitrogen and oxygen atoms in total.